The van der Waals surface area contributed by atoms with Gasteiger partial charge in [-0.1, -0.05) is 18.2 Å². The molecule has 2 aromatic carbocycles. The first kappa shape index (κ1) is 21.1. The molecule has 0 N–H and O–H groups in total. The van der Waals surface area contributed by atoms with Crippen molar-refractivity contribution in [3.05, 3.63) is 54.1 Å². The van der Waals surface area contributed by atoms with E-state index >= 15 is 0 Å². The molecule has 0 aromatic heterocycles. The van der Waals surface area contributed by atoms with E-state index in [0.717, 1.165) is 55.5 Å². The quantitative estimate of drug-likeness (QED) is 0.719. The van der Waals surface area contributed by atoms with E-state index in [4.69, 9.17) is 9.47 Å². The molecule has 1 amide bonds. The summed E-state index contributed by atoms with van der Waals surface area (Å²) in [6, 6.07) is 15.5. The Hall–Kier alpha value is -2.57. The van der Waals surface area contributed by atoms with Gasteiger partial charge in [0.1, 0.15) is 11.5 Å². The number of ether oxygens (including phenoxy) is 2. The van der Waals surface area contributed by atoms with Crippen LogP contribution in [0.2, 0.25) is 0 Å². The third kappa shape index (κ3) is 5.08. The molecule has 3 rings (SSSR count). The maximum Gasteiger partial charge on any atom is 0.243 e. The van der Waals surface area contributed by atoms with Gasteiger partial charge in [-0.15, -0.1) is 0 Å². The molecule has 0 radical (unpaired) electrons. The van der Waals surface area contributed by atoms with Gasteiger partial charge >= 0.3 is 0 Å². The highest BCUT2D eigenvalue weighted by Crippen LogP contribution is 2.26. The maximum absolute atomic E-state index is 12.9. The van der Waals surface area contributed by atoms with Crippen LogP contribution in [0.25, 0.3) is 0 Å². The van der Waals surface area contributed by atoms with Crippen LogP contribution >= 0.6 is 0 Å². The molecule has 29 heavy (non-hydrogen) atoms. The standard InChI is InChI=1S/C23H31N3O3/c1-18(23(27)24(2)20-8-6-5-7-9-20)26-14-12-25(13-15-26)17-19-16-21(28-3)10-11-22(19)29-4/h5-11,16,18H,12-15,17H2,1-4H3/t18-/m1/s1. The van der Waals surface area contributed by atoms with Crippen molar-refractivity contribution < 1.29 is 14.3 Å². The van der Waals surface area contributed by atoms with Crippen molar-refractivity contribution in [3.63, 3.8) is 0 Å². The Morgan fingerprint density at radius 1 is 1.03 bits per heavy atom. The Labute approximate surface area is 173 Å². The molecule has 0 aliphatic carbocycles. The molecule has 1 fully saturated rings. The highest BCUT2D eigenvalue weighted by Gasteiger charge is 2.28. The first-order chi connectivity index (χ1) is 14.0. The second kappa shape index (κ2) is 9.76. The van der Waals surface area contributed by atoms with Gasteiger partial charge in [-0.05, 0) is 37.3 Å². The van der Waals surface area contributed by atoms with Gasteiger partial charge in [0.25, 0.3) is 0 Å². The number of amides is 1. The Kier molecular flexibility index (Phi) is 7.12. The Bertz CT molecular complexity index is 804. The van der Waals surface area contributed by atoms with Gasteiger partial charge in [0, 0.05) is 51.0 Å². The zero-order chi connectivity index (χ0) is 20.8. The second-order valence-electron chi connectivity index (χ2n) is 7.40. The minimum atomic E-state index is -0.145. The van der Waals surface area contributed by atoms with Gasteiger partial charge in [-0.2, -0.15) is 0 Å². The number of nitrogens with zero attached hydrogens (tertiary/aromatic N) is 3. The lowest BCUT2D eigenvalue weighted by atomic mass is 10.1. The van der Waals surface area contributed by atoms with Crippen molar-refractivity contribution in [3.8, 4) is 11.5 Å². The van der Waals surface area contributed by atoms with E-state index in [1.807, 2.05) is 62.5 Å². The fourth-order valence-corrected chi connectivity index (χ4v) is 3.77. The molecule has 1 saturated heterocycles. The summed E-state index contributed by atoms with van der Waals surface area (Å²) in [5.74, 6) is 1.84. The number of piperazine rings is 1. The monoisotopic (exact) mass is 397 g/mol. The minimum Gasteiger partial charge on any atom is -0.497 e. The van der Waals surface area contributed by atoms with Gasteiger partial charge in [-0.3, -0.25) is 14.6 Å². The van der Waals surface area contributed by atoms with E-state index in [1.54, 1.807) is 19.1 Å². The van der Waals surface area contributed by atoms with Gasteiger partial charge in [-0.25, -0.2) is 0 Å². The summed E-state index contributed by atoms with van der Waals surface area (Å²) in [7, 11) is 5.22. The first-order valence-corrected chi connectivity index (χ1v) is 10.0. The second-order valence-corrected chi connectivity index (χ2v) is 7.40. The lowest BCUT2D eigenvalue weighted by Crippen LogP contribution is -2.53. The molecule has 1 heterocycles. The summed E-state index contributed by atoms with van der Waals surface area (Å²) in [6.07, 6.45) is 0. The predicted octanol–water partition coefficient (Wildman–Crippen LogP) is 2.87. The Balaban J connectivity index is 1.57. The third-order valence-electron chi connectivity index (χ3n) is 5.67. The minimum absolute atomic E-state index is 0.124. The van der Waals surface area contributed by atoms with E-state index in [2.05, 4.69) is 9.80 Å². The molecule has 1 atom stereocenters. The van der Waals surface area contributed by atoms with Crippen molar-refractivity contribution >= 4 is 11.6 Å². The van der Waals surface area contributed by atoms with Gasteiger partial charge in [0.15, 0.2) is 0 Å². The van der Waals surface area contributed by atoms with Crippen molar-refractivity contribution in [2.24, 2.45) is 0 Å². The van der Waals surface area contributed by atoms with Crippen LogP contribution in [0, 0.1) is 0 Å². The number of rotatable bonds is 7. The molecule has 2 aromatic rings. The number of carbonyl (C=O) groups excluding carboxylic acids is 1. The molecule has 6 heteroatoms. The van der Waals surface area contributed by atoms with Crippen LogP contribution in [0.3, 0.4) is 0 Å². The average molecular weight is 398 g/mol. The smallest absolute Gasteiger partial charge is 0.243 e. The number of anilines is 1. The van der Waals surface area contributed by atoms with Crippen LogP contribution in [0.15, 0.2) is 48.5 Å². The van der Waals surface area contributed by atoms with Crippen LogP contribution in [0.5, 0.6) is 11.5 Å². The average Bonchev–Trinajstić information content (AvgIpc) is 2.78. The number of para-hydroxylation sites is 1. The number of methoxy groups -OCH3 is 2. The summed E-state index contributed by atoms with van der Waals surface area (Å²) in [5, 5.41) is 0. The summed E-state index contributed by atoms with van der Waals surface area (Å²) in [5.41, 5.74) is 2.04. The molecule has 0 saturated carbocycles. The number of benzene rings is 2. The van der Waals surface area contributed by atoms with Crippen molar-refractivity contribution in [2.75, 3.05) is 52.3 Å². The molecule has 1 aliphatic heterocycles. The summed E-state index contributed by atoms with van der Waals surface area (Å²) < 4.78 is 10.9. The van der Waals surface area contributed by atoms with Crippen LogP contribution in [0.1, 0.15) is 12.5 Å². The number of likely N-dealkylation sites (N-methyl/N-ethyl adjacent to an activating group) is 1. The fourth-order valence-electron chi connectivity index (χ4n) is 3.77. The fraction of sp³-hybridized carbons (Fsp3) is 0.435. The highest BCUT2D eigenvalue weighted by molar-refractivity contribution is 5.96. The lowest BCUT2D eigenvalue weighted by Gasteiger charge is -2.38. The topological polar surface area (TPSA) is 45.3 Å². The van der Waals surface area contributed by atoms with E-state index in [-0.39, 0.29) is 11.9 Å². The normalized spacial score (nSPS) is 16.3. The Morgan fingerprint density at radius 3 is 2.34 bits per heavy atom. The molecule has 0 spiro atoms. The van der Waals surface area contributed by atoms with Crippen LogP contribution < -0.4 is 14.4 Å². The molecule has 0 unspecified atom stereocenters. The van der Waals surface area contributed by atoms with Gasteiger partial charge in [0.2, 0.25) is 5.91 Å². The number of carbonyl (C=O) groups is 1. The molecular formula is C23H31N3O3. The number of hydrogen-bond donors (Lipinski definition) is 0. The van der Waals surface area contributed by atoms with Crippen molar-refractivity contribution in [1.29, 1.82) is 0 Å². The summed E-state index contributed by atoms with van der Waals surface area (Å²) in [6.45, 7) is 6.35. The molecular weight excluding hydrogens is 366 g/mol. The third-order valence-corrected chi connectivity index (χ3v) is 5.67. The zero-order valence-electron chi connectivity index (χ0n) is 17.8. The number of hydrogen-bond acceptors (Lipinski definition) is 5. The van der Waals surface area contributed by atoms with Crippen molar-refractivity contribution in [1.82, 2.24) is 9.80 Å². The molecule has 1 aliphatic rings. The molecule has 6 nitrogen and oxygen atoms in total. The maximum atomic E-state index is 12.9. The van der Waals surface area contributed by atoms with E-state index in [0.29, 0.717) is 0 Å². The van der Waals surface area contributed by atoms with E-state index in [1.165, 1.54) is 0 Å². The first-order valence-electron chi connectivity index (χ1n) is 10.0. The summed E-state index contributed by atoms with van der Waals surface area (Å²) >= 11 is 0. The van der Waals surface area contributed by atoms with Gasteiger partial charge in [0.05, 0.1) is 20.3 Å². The predicted molar refractivity (Wildman–Crippen MR) is 116 cm³/mol. The van der Waals surface area contributed by atoms with Crippen LogP contribution in [-0.2, 0) is 11.3 Å². The molecule has 0 bridgehead atoms. The van der Waals surface area contributed by atoms with Crippen molar-refractivity contribution in [2.45, 2.75) is 19.5 Å². The Morgan fingerprint density at radius 2 is 1.72 bits per heavy atom. The van der Waals surface area contributed by atoms with Crippen LogP contribution in [-0.4, -0.2) is 69.2 Å². The van der Waals surface area contributed by atoms with Gasteiger partial charge < -0.3 is 14.4 Å². The van der Waals surface area contributed by atoms with Crippen LogP contribution in [0.4, 0.5) is 5.69 Å². The zero-order valence-corrected chi connectivity index (χ0v) is 17.8. The lowest BCUT2D eigenvalue weighted by molar-refractivity contribution is -0.123. The van der Waals surface area contributed by atoms with E-state index < -0.39 is 0 Å². The van der Waals surface area contributed by atoms with E-state index in [9.17, 15) is 4.79 Å². The largest absolute Gasteiger partial charge is 0.497 e. The highest BCUT2D eigenvalue weighted by atomic mass is 16.5. The molecule has 156 valence electrons. The summed E-state index contributed by atoms with van der Waals surface area (Å²) in [4.78, 5) is 19.3. The SMILES string of the molecule is COc1ccc(OC)c(CN2CCN([C@H](C)C(=O)N(C)c3ccccc3)CC2)c1.